The summed E-state index contributed by atoms with van der Waals surface area (Å²) in [5.41, 5.74) is 2.79. The molecule has 1 aromatic carbocycles. The Hall–Kier alpha value is -2.61. The number of fused-ring (bicyclic) bond motifs is 1. The fraction of sp³-hybridized carbons (Fsp3) is 0.455. The number of rotatable bonds is 4. The van der Waals surface area contributed by atoms with Crippen molar-refractivity contribution < 1.29 is 0 Å². The minimum atomic E-state index is -0.204. The molecule has 2 aromatic heterocycles. The van der Waals surface area contributed by atoms with Crippen molar-refractivity contribution in [2.24, 2.45) is 12.0 Å². The molecule has 0 bridgehead atoms. The van der Waals surface area contributed by atoms with Gasteiger partial charge in [0, 0.05) is 31.6 Å². The first-order valence-corrected chi connectivity index (χ1v) is 11.0. The molecule has 0 fully saturated rings. The minimum absolute atomic E-state index is 0.166. The number of anilines is 1. The predicted molar refractivity (Wildman–Crippen MR) is 125 cm³/mol. The van der Waals surface area contributed by atoms with Crippen molar-refractivity contribution in [3.8, 4) is 0 Å². The Morgan fingerprint density at radius 1 is 1.23 bits per heavy atom. The van der Waals surface area contributed by atoms with Crippen molar-refractivity contribution in [3.05, 3.63) is 51.9 Å². The first-order chi connectivity index (χ1) is 14.1. The topological polar surface area (TPSA) is 79.2 Å². The van der Waals surface area contributed by atoms with Crippen molar-refractivity contribution in [1.82, 2.24) is 19.7 Å². The summed E-state index contributed by atoms with van der Waals surface area (Å²) in [7, 11) is 3.75. The predicted octanol–water partition coefficient (Wildman–Crippen LogP) is 3.34. The van der Waals surface area contributed by atoms with Crippen LogP contribution in [0.2, 0.25) is 0 Å². The number of hydrogen-bond acceptors (Lipinski definition) is 6. The molecule has 0 saturated carbocycles. The molecule has 7 nitrogen and oxygen atoms in total. The Balaban J connectivity index is 1.60. The number of aromatic amines is 1. The second-order valence-corrected chi connectivity index (χ2v) is 10.1. The van der Waals surface area contributed by atoms with Gasteiger partial charge in [-0.25, -0.2) is 4.98 Å². The summed E-state index contributed by atoms with van der Waals surface area (Å²) in [6.45, 7) is 9.12. The number of benzene rings is 1. The van der Waals surface area contributed by atoms with Gasteiger partial charge in [-0.1, -0.05) is 62.9 Å². The molecular weight excluding hydrogens is 396 g/mol. The lowest BCUT2D eigenvalue weighted by molar-refractivity contribution is 0.557. The molecule has 0 spiro atoms. The van der Waals surface area contributed by atoms with Gasteiger partial charge in [-0.2, -0.15) is 5.10 Å². The SMILES string of the molecule is CC1N=C(c2ccccc2)SC1CN(C)c1nc2c(C(C)(C)C)nn(C)c2c(=O)[nH]1. The van der Waals surface area contributed by atoms with E-state index in [9.17, 15) is 4.79 Å². The summed E-state index contributed by atoms with van der Waals surface area (Å²) in [5.74, 6) is 0.562. The van der Waals surface area contributed by atoms with Crippen LogP contribution in [0.3, 0.4) is 0 Å². The summed E-state index contributed by atoms with van der Waals surface area (Å²) in [6.07, 6.45) is 0. The van der Waals surface area contributed by atoms with Crippen LogP contribution in [-0.4, -0.2) is 49.7 Å². The molecule has 0 saturated heterocycles. The third-order valence-electron chi connectivity index (χ3n) is 5.35. The van der Waals surface area contributed by atoms with E-state index >= 15 is 0 Å². The van der Waals surface area contributed by atoms with Gasteiger partial charge in [0.25, 0.3) is 5.56 Å². The maximum absolute atomic E-state index is 12.8. The van der Waals surface area contributed by atoms with Crippen molar-refractivity contribution in [2.45, 2.75) is 44.4 Å². The van der Waals surface area contributed by atoms with Gasteiger partial charge in [0.15, 0.2) is 5.52 Å². The van der Waals surface area contributed by atoms with Gasteiger partial charge in [0.1, 0.15) is 5.52 Å². The second-order valence-electron chi connectivity index (χ2n) is 8.89. The zero-order valence-corrected chi connectivity index (χ0v) is 19.1. The highest BCUT2D eigenvalue weighted by molar-refractivity contribution is 8.15. The fourth-order valence-electron chi connectivity index (χ4n) is 3.66. The molecule has 4 rings (SSSR count). The molecule has 8 heteroatoms. The summed E-state index contributed by atoms with van der Waals surface area (Å²) < 4.78 is 1.63. The highest BCUT2D eigenvalue weighted by atomic mass is 32.2. The highest BCUT2D eigenvalue weighted by Crippen LogP contribution is 2.32. The van der Waals surface area contributed by atoms with Gasteiger partial charge in [-0.05, 0) is 6.92 Å². The van der Waals surface area contributed by atoms with E-state index in [1.54, 1.807) is 23.5 Å². The first-order valence-electron chi connectivity index (χ1n) is 10.1. The Kier molecular flexibility index (Phi) is 5.22. The van der Waals surface area contributed by atoms with Crippen molar-refractivity contribution in [1.29, 1.82) is 0 Å². The molecule has 30 heavy (non-hydrogen) atoms. The fourth-order valence-corrected chi connectivity index (χ4v) is 5.01. The summed E-state index contributed by atoms with van der Waals surface area (Å²) in [4.78, 5) is 27.4. The van der Waals surface area contributed by atoms with E-state index in [0.717, 1.165) is 22.8 Å². The number of aliphatic imine (C=N–C) groups is 1. The molecule has 3 heterocycles. The third kappa shape index (κ3) is 3.76. The highest BCUT2D eigenvalue weighted by Gasteiger charge is 2.30. The zero-order valence-electron chi connectivity index (χ0n) is 18.3. The zero-order chi connectivity index (χ0) is 21.6. The quantitative estimate of drug-likeness (QED) is 0.695. The smallest absolute Gasteiger partial charge is 0.278 e. The van der Waals surface area contributed by atoms with Crippen LogP contribution in [0.1, 0.15) is 39.0 Å². The van der Waals surface area contributed by atoms with E-state index in [4.69, 9.17) is 9.98 Å². The van der Waals surface area contributed by atoms with Crippen LogP contribution >= 0.6 is 11.8 Å². The molecule has 1 aliphatic rings. The van der Waals surface area contributed by atoms with E-state index in [-0.39, 0.29) is 22.3 Å². The molecule has 2 atom stereocenters. The maximum Gasteiger partial charge on any atom is 0.278 e. The van der Waals surface area contributed by atoms with E-state index in [0.29, 0.717) is 17.0 Å². The van der Waals surface area contributed by atoms with Crippen LogP contribution in [0.5, 0.6) is 0 Å². The molecular formula is C22H28N6OS. The van der Waals surface area contributed by atoms with Crippen molar-refractivity contribution >= 4 is 33.8 Å². The molecule has 0 radical (unpaired) electrons. The number of aromatic nitrogens is 4. The molecule has 0 amide bonds. The molecule has 158 valence electrons. The van der Waals surface area contributed by atoms with Gasteiger partial charge in [0.2, 0.25) is 5.95 Å². The standard InChI is InChI=1S/C22H28N6OS/c1-13-15(30-20(23-13)14-10-8-7-9-11-14)12-27(5)21-24-16-17(19(29)25-21)28(6)26-18(16)22(2,3)4/h7-11,13,15H,12H2,1-6H3,(H,24,25,29). The normalized spacial score (nSPS) is 19.3. The number of hydrogen-bond donors (Lipinski definition) is 1. The van der Waals surface area contributed by atoms with Gasteiger partial charge < -0.3 is 4.90 Å². The lowest BCUT2D eigenvalue weighted by atomic mass is 9.91. The number of thioether (sulfide) groups is 1. The Labute approximate surface area is 180 Å². The van der Waals surface area contributed by atoms with Crippen molar-refractivity contribution in [3.63, 3.8) is 0 Å². The van der Waals surface area contributed by atoms with E-state index in [1.807, 2.05) is 30.1 Å². The van der Waals surface area contributed by atoms with Crippen LogP contribution in [0, 0.1) is 0 Å². The van der Waals surface area contributed by atoms with Crippen LogP contribution in [0.25, 0.3) is 11.0 Å². The lowest BCUT2D eigenvalue weighted by Crippen LogP contribution is -2.33. The van der Waals surface area contributed by atoms with Gasteiger partial charge in [0.05, 0.1) is 22.0 Å². The van der Waals surface area contributed by atoms with E-state index in [1.165, 1.54) is 0 Å². The number of nitrogens with one attached hydrogen (secondary N) is 1. The van der Waals surface area contributed by atoms with Gasteiger partial charge >= 0.3 is 0 Å². The Morgan fingerprint density at radius 3 is 2.60 bits per heavy atom. The van der Waals surface area contributed by atoms with Gasteiger partial charge in [-0.15, -0.1) is 0 Å². The Morgan fingerprint density at radius 2 is 1.93 bits per heavy atom. The lowest BCUT2D eigenvalue weighted by Gasteiger charge is -2.23. The summed E-state index contributed by atoms with van der Waals surface area (Å²) in [5, 5.41) is 5.92. The number of nitrogens with zero attached hydrogens (tertiary/aromatic N) is 5. The second kappa shape index (κ2) is 7.58. The van der Waals surface area contributed by atoms with E-state index < -0.39 is 0 Å². The third-order valence-corrected chi connectivity index (χ3v) is 6.76. The average Bonchev–Trinajstić information content (AvgIpc) is 3.23. The maximum atomic E-state index is 12.8. The summed E-state index contributed by atoms with van der Waals surface area (Å²) >= 11 is 1.79. The monoisotopic (exact) mass is 424 g/mol. The first kappa shape index (κ1) is 20.7. The van der Waals surface area contributed by atoms with Gasteiger partial charge in [-0.3, -0.25) is 19.5 Å². The number of aryl methyl sites for hydroxylation is 1. The largest absolute Gasteiger partial charge is 0.344 e. The molecule has 0 aliphatic carbocycles. The van der Waals surface area contributed by atoms with Crippen LogP contribution < -0.4 is 10.5 Å². The number of H-pyrrole nitrogens is 1. The van der Waals surface area contributed by atoms with E-state index in [2.05, 4.69) is 49.9 Å². The van der Waals surface area contributed by atoms with Crippen LogP contribution in [0.15, 0.2) is 40.1 Å². The average molecular weight is 425 g/mol. The molecule has 2 unspecified atom stereocenters. The molecule has 1 N–H and O–H groups in total. The summed E-state index contributed by atoms with van der Waals surface area (Å²) in [6, 6.07) is 10.5. The van der Waals surface area contributed by atoms with Crippen LogP contribution in [0.4, 0.5) is 5.95 Å². The van der Waals surface area contributed by atoms with Crippen molar-refractivity contribution in [2.75, 3.05) is 18.5 Å². The molecule has 3 aromatic rings. The van der Waals surface area contributed by atoms with Crippen LogP contribution in [-0.2, 0) is 12.5 Å². The Bertz CT molecular complexity index is 1160. The minimum Gasteiger partial charge on any atom is -0.344 e. The molecule has 1 aliphatic heterocycles.